The Morgan fingerprint density at radius 3 is 1.41 bits per heavy atom. The number of nitro benzene ring substituents is 2. The molecule has 111 heavy (non-hydrogen) atoms. The van der Waals surface area contributed by atoms with E-state index in [1.807, 2.05) is 18.7 Å². The van der Waals surface area contributed by atoms with E-state index in [0.717, 1.165) is 36.3 Å². The second kappa shape index (κ2) is 38.5. The van der Waals surface area contributed by atoms with Gasteiger partial charge in [0.25, 0.3) is 11.4 Å². The van der Waals surface area contributed by atoms with Crippen molar-refractivity contribution in [3.63, 3.8) is 0 Å². The molecule has 0 aliphatic heterocycles. The maximum Gasteiger partial charge on any atom is 0.415 e. The van der Waals surface area contributed by atoms with Crippen molar-refractivity contribution < 1.29 is 113 Å². The van der Waals surface area contributed by atoms with Crippen molar-refractivity contribution in [1.82, 2.24) is 0 Å². The predicted molar refractivity (Wildman–Crippen MR) is 395 cm³/mol. The van der Waals surface area contributed by atoms with Crippen molar-refractivity contribution >= 4 is 113 Å². The first-order chi connectivity index (χ1) is 52.5. The molecule has 588 valence electrons. The second-order valence-electron chi connectivity index (χ2n) is 23.1. The molecule has 37 heteroatoms. The van der Waals surface area contributed by atoms with Crippen molar-refractivity contribution in [3.05, 3.63) is 207 Å². The average Bonchev–Trinajstić information content (AvgIpc) is 0.766. The number of hydrogen-bond donors (Lipinski definition) is 0. The van der Waals surface area contributed by atoms with Crippen LogP contribution in [0.3, 0.4) is 0 Å². The minimum atomic E-state index is -1.14. The SMILES string of the molecule is CC(=O)OC(C)c1cccc2cccc([N+](=O)[O-])c12.CCN(CC)c1ccc2c(COC(C)=O)c([N+](=O)[O-])c(=O)oc2c1.COc1cc([N+](=O)[O-])c2c(C(C)OC(C)=O)cc(=O)oc2c1OC.COc1cc2oc(=O)c([N+](=O)[O-])c(C(C)OC(C)=O)c2cc1OC.COc1cc2oc(=O)cc(COC(C)=O)c2cc1OC. The molecule has 6 aromatic carbocycles. The number of hydrogen-bond acceptors (Lipinski definition) is 33. The Hall–Kier alpha value is -14.0. The largest absolute Gasteiger partial charge is 0.493 e. The summed E-state index contributed by atoms with van der Waals surface area (Å²) in [7, 11) is 8.41. The second-order valence-corrected chi connectivity index (χ2v) is 23.1. The number of nitrogens with zero attached hydrogens (tertiary/aromatic N) is 5. The van der Waals surface area contributed by atoms with Gasteiger partial charge >= 0.3 is 63.7 Å². The Kier molecular flexibility index (Phi) is 29.8. The smallest absolute Gasteiger partial charge is 0.415 e. The minimum Gasteiger partial charge on any atom is -0.493 e. The van der Waals surface area contributed by atoms with E-state index in [2.05, 4.69) is 0 Å². The van der Waals surface area contributed by atoms with Gasteiger partial charge in [-0.15, -0.1) is 0 Å². The molecule has 0 N–H and O–H groups in total. The molecule has 0 spiro atoms. The van der Waals surface area contributed by atoms with Gasteiger partial charge in [-0.05, 0) is 64.3 Å². The molecular weight excluding hydrogens is 1470 g/mol. The molecule has 4 aromatic heterocycles. The van der Waals surface area contributed by atoms with E-state index in [0.29, 0.717) is 44.4 Å². The summed E-state index contributed by atoms with van der Waals surface area (Å²) in [6, 6.07) is 24.8. The van der Waals surface area contributed by atoms with Crippen LogP contribution in [0.25, 0.3) is 54.6 Å². The summed E-state index contributed by atoms with van der Waals surface area (Å²) in [5.74, 6) is -1.07. The maximum absolute atomic E-state index is 12.0. The number of esters is 5. The summed E-state index contributed by atoms with van der Waals surface area (Å²) in [5, 5.41) is 47.6. The van der Waals surface area contributed by atoms with Gasteiger partial charge < -0.3 is 74.7 Å². The van der Waals surface area contributed by atoms with Crippen LogP contribution in [0, 0.1) is 40.5 Å². The number of non-ortho nitro benzene ring substituents is 2. The number of rotatable bonds is 23. The van der Waals surface area contributed by atoms with E-state index in [4.69, 9.17) is 69.8 Å². The van der Waals surface area contributed by atoms with Crippen LogP contribution >= 0.6 is 0 Å². The Morgan fingerprint density at radius 2 is 0.910 bits per heavy atom. The van der Waals surface area contributed by atoms with E-state index < -0.39 is 102 Å². The monoisotopic (exact) mass is 1550 g/mol. The highest BCUT2D eigenvalue weighted by Gasteiger charge is 2.33. The van der Waals surface area contributed by atoms with Crippen LogP contribution < -0.4 is 55.8 Å². The Bertz CT molecular complexity index is 5480. The van der Waals surface area contributed by atoms with Crippen molar-refractivity contribution in [2.75, 3.05) is 60.6 Å². The first-order valence-corrected chi connectivity index (χ1v) is 32.9. The molecule has 4 heterocycles. The number of ether oxygens (including phenoxy) is 11. The minimum absolute atomic E-state index is 0.00556. The fourth-order valence-electron chi connectivity index (χ4n) is 11.4. The van der Waals surface area contributed by atoms with Crippen LogP contribution in [0.2, 0.25) is 0 Å². The fraction of sp³-hybridized carbons (Fsp3) is 0.311. The number of carbonyl (C=O) groups excluding carboxylic acids is 5. The lowest BCUT2D eigenvalue weighted by Gasteiger charge is -2.21. The zero-order valence-corrected chi connectivity index (χ0v) is 62.6. The summed E-state index contributed by atoms with van der Waals surface area (Å²) in [6.07, 6.45) is -2.46. The lowest BCUT2D eigenvalue weighted by molar-refractivity contribution is -0.388. The normalized spacial score (nSPS) is 11.4. The van der Waals surface area contributed by atoms with Crippen LogP contribution in [0.5, 0.6) is 34.5 Å². The molecule has 0 saturated carbocycles. The number of carbonyl (C=O) groups is 5. The van der Waals surface area contributed by atoms with Crippen molar-refractivity contribution in [1.29, 1.82) is 0 Å². The van der Waals surface area contributed by atoms with Crippen molar-refractivity contribution in [2.45, 2.75) is 101 Å². The summed E-state index contributed by atoms with van der Waals surface area (Å²) in [4.78, 5) is 147. The summed E-state index contributed by atoms with van der Waals surface area (Å²) in [6.45, 7) is 15.9. The molecule has 0 aliphatic rings. The molecule has 0 amide bonds. The lowest BCUT2D eigenvalue weighted by Crippen LogP contribution is -2.21. The molecule has 10 rings (SSSR count). The van der Waals surface area contributed by atoms with E-state index in [9.17, 15) is 83.6 Å². The van der Waals surface area contributed by atoms with E-state index in [-0.39, 0.29) is 91.8 Å². The van der Waals surface area contributed by atoms with Gasteiger partial charge in [-0.1, -0.05) is 30.3 Å². The van der Waals surface area contributed by atoms with E-state index in [1.54, 1.807) is 67.6 Å². The number of fused-ring (bicyclic) bond motifs is 5. The average molecular weight is 1550 g/mol. The van der Waals surface area contributed by atoms with Gasteiger partial charge in [0.1, 0.15) is 53.7 Å². The van der Waals surface area contributed by atoms with Crippen LogP contribution in [0.15, 0.2) is 134 Å². The molecule has 0 radical (unpaired) electrons. The lowest BCUT2D eigenvalue weighted by atomic mass is 9.99. The fourth-order valence-corrected chi connectivity index (χ4v) is 11.4. The Morgan fingerprint density at radius 1 is 0.441 bits per heavy atom. The highest BCUT2D eigenvalue weighted by molar-refractivity contribution is 5.97. The van der Waals surface area contributed by atoms with Gasteiger partial charge in [0, 0.05) is 123 Å². The molecule has 3 atom stereocenters. The van der Waals surface area contributed by atoms with Gasteiger partial charge in [-0.3, -0.25) is 64.4 Å². The first-order valence-electron chi connectivity index (χ1n) is 32.9. The van der Waals surface area contributed by atoms with Crippen LogP contribution in [-0.4, -0.2) is 105 Å². The number of anilines is 1. The molecular formula is C74H75N5O32. The highest BCUT2D eigenvalue weighted by Crippen LogP contribution is 2.45. The standard InChI is InChI=1S/C16H18N2O6.2C15H15NO8.C14H13NO4.C14H14O6/c1-4-17(5-2)11-6-7-12-13(9-23-10(3)19)15(18(21)22)16(20)24-14(12)8-11;1-7(23-8(2)17)13-9-5-11(21-3)12(22-4)6-10(9)24-15(18)14(13)16(19)20;1-7(23-8(2)17)9-5-12(18)24-15-13(9)10(16(19)20)6-11(21-3)14(15)22-4;1-9(19-10(2)16)12-7-3-5-11-6-4-8-13(14(11)12)15(17)18;1-8(15)19-7-9-4-14(16)20-11-6-13(18-3)12(17-2)5-10(9)11/h6-8H,4-5,9H2,1-3H3;2*5-7H,1-4H3;3-9H,1-2H3;4-6H,7H2,1-3H3. The first kappa shape index (κ1) is 85.9. The highest BCUT2D eigenvalue weighted by atomic mass is 16.6. The molecule has 10 aromatic rings. The zero-order valence-electron chi connectivity index (χ0n) is 62.6. The van der Waals surface area contributed by atoms with Crippen LogP contribution in [-0.2, 0) is 60.9 Å². The summed E-state index contributed by atoms with van der Waals surface area (Å²) in [5.41, 5.74) is -2.73. The van der Waals surface area contributed by atoms with Gasteiger partial charge in [0.05, 0.1) is 84.9 Å². The third-order valence-corrected chi connectivity index (χ3v) is 16.1. The number of nitro groups is 4. The van der Waals surface area contributed by atoms with Gasteiger partial charge in [0.2, 0.25) is 5.75 Å². The van der Waals surface area contributed by atoms with E-state index >= 15 is 0 Å². The van der Waals surface area contributed by atoms with Crippen molar-refractivity contribution in [2.24, 2.45) is 0 Å². The van der Waals surface area contributed by atoms with E-state index in [1.165, 1.54) is 115 Å². The Balaban J connectivity index is 0.000000217. The summed E-state index contributed by atoms with van der Waals surface area (Å²) >= 11 is 0. The Labute approximate surface area is 627 Å². The molecule has 0 aliphatic carbocycles. The zero-order chi connectivity index (χ0) is 82.6. The predicted octanol–water partition coefficient (Wildman–Crippen LogP) is 12.5. The maximum atomic E-state index is 12.0. The third kappa shape index (κ3) is 21.0. The molecule has 0 bridgehead atoms. The van der Waals surface area contributed by atoms with Crippen LogP contribution in [0.1, 0.15) is 115 Å². The van der Waals surface area contributed by atoms with Gasteiger partial charge in [-0.2, -0.15) is 0 Å². The van der Waals surface area contributed by atoms with Gasteiger partial charge in [0.15, 0.2) is 34.3 Å². The summed E-state index contributed by atoms with van der Waals surface area (Å²) < 4.78 is 76.2. The molecule has 37 nitrogen and oxygen atoms in total. The topological polar surface area (TPSA) is 484 Å². The number of benzene rings is 6. The third-order valence-electron chi connectivity index (χ3n) is 16.1. The molecule has 0 saturated heterocycles. The molecule has 3 unspecified atom stereocenters. The van der Waals surface area contributed by atoms with Crippen LogP contribution in [0.4, 0.5) is 28.4 Å². The van der Waals surface area contributed by atoms with Gasteiger partial charge in [-0.25, -0.2) is 19.2 Å². The quantitative estimate of drug-likeness (QED) is 0.0189. The van der Waals surface area contributed by atoms with Crippen molar-refractivity contribution in [3.8, 4) is 34.5 Å². The number of methoxy groups -OCH3 is 6. The molecule has 0 fully saturated rings.